The van der Waals surface area contributed by atoms with E-state index in [0.717, 1.165) is 5.19 Å². The SMILES string of the molecule is COc1ccccc1C(=O)[Si]c1ccccc1. The molecule has 17 heavy (non-hydrogen) atoms. The second kappa shape index (κ2) is 5.45. The molecule has 2 radical (unpaired) electrons. The third kappa shape index (κ3) is 2.82. The highest BCUT2D eigenvalue weighted by molar-refractivity contribution is 6.87. The van der Waals surface area contributed by atoms with Gasteiger partial charge in [0.05, 0.1) is 12.7 Å². The maximum Gasteiger partial charge on any atom is 0.179 e. The molecule has 2 nitrogen and oxygen atoms in total. The number of methoxy groups -OCH3 is 1. The van der Waals surface area contributed by atoms with Gasteiger partial charge in [-0.05, 0) is 12.1 Å². The molecule has 0 saturated carbocycles. The summed E-state index contributed by atoms with van der Waals surface area (Å²) in [5.41, 5.74) is 0.650. The topological polar surface area (TPSA) is 26.3 Å². The second-order valence-corrected chi connectivity index (χ2v) is 4.80. The lowest BCUT2D eigenvalue weighted by molar-refractivity contribution is 0.107. The van der Waals surface area contributed by atoms with Gasteiger partial charge in [-0.3, -0.25) is 0 Å². The van der Waals surface area contributed by atoms with Crippen LogP contribution < -0.4 is 9.92 Å². The fourth-order valence-electron chi connectivity index (χ4n) is 1.55. The van der Waals surface area contributed by atoms with E-state index < -0.39 is 0 Å². The van der Waals surface area contributed by atoms with Crippen LogP contribution in [0, 0.1) is 0 Å². The molecular formula is C14H12O2Si. The van der Waals surface area contributed by atoms with Gasteiger partial charge in [-0.1, -0.05) is 47.7 Å². The predicted molar refractivity (Wildman–Crippen MR) is 69.2 cm³/mol. The van der Waals surface area contributed by atoms with Gasteiger partial charge in [0.1, 0.15) is 11.2 Å². The van der Waals surface area contributed by atoms with E-state index in [1.807, 2.05) is 48.5 Å². The largest absolute Gasteiger partial charge is 0.496 e. The Morgan fingerprint density at radius 1 is 1.00 bits per heavy atom. The van der Waals surface area contributed by atoms with Gasteiger partial charge < -0.3 is 9.53 Å². The van der Waals surface area contributed by atoms with Gasteiger partial charge >= 0.3 is 0 Å². The highest BCUT2D eigenvalue weighted by atomic mass is 28.2. The first-order chi connectivity index (χ1) is 8.31. The minimum atomic E-state index is 0.105. The van der Waals surface area contributed by atoms with Crippen molar-refractivity contribution >= 4 is 20.1 Å². The van der Waals surface area contributed by atoms with E-state index in [0.29, 0.717) is 11.3 Å². The van der Waals surface area contributed by atoms with Crippen LogP contribution in [0.2, 0.25) is 0 Å². The molecule has 0 saturated heterocycles. The Balaban J connectivity index is 2.20. The van der Waals surface area contributed by atoms with Crippen molar-refractivity contribution in [3.63, 3.8) is 0 Å². The van der Waals surface area contributed by atoms with Crippen molar-refractivity contribution in [3.05, 3.63) is 60.2 Å². The van der Waals surface area contributed by atoms with E-state index in [-0.39, 0.29) is 14.9 Å². The Morgan fingerprint density at radius 2 is 1.65 bits per heavy atom. The fourth-order valence-corrected chi connectivity index (χ4v) is 2.51. The van der Waals surface area contributed by atoms with Gasteiger partial charge in [0.15, 0.2) is 9.52 Å². The second-order valence-electron chi connectivity index (χ2n) is 3.52. The Morgan fingerprint density at radius 3 is 2.35 bits per heavy atom. The number of benzene rings is 2. The summed E-state index contributed by atoms with van der Waals surface area (Å²) >= 11 is 0. The van der Waals surface area contributed by atoms with Crippen molar-refractivity contribution in [1.29, 1.82) is 0 Å². The Hall–Kier alpha value is -1.87. The zero-order chi connectivity index (χ0) is 12.1. The number of rotatable bonds is 4. The minimum absolute atomic E-state index is 0.105. The number of carbonyl (C=O) groups is 1. The van der Waals surface area contributed by atoms with Crippen LogP contribution in [-0.2, 0) is 0 Å². The van der Waals surface area contributed by atoms with Gasteiger partial charge in [0, 0.05) is 0 Å². The summed E-state index contributed by atoms with van der Waals surface area (Å²) in [6.45, 7) is 0. The first kappa shape index (κ1) is 11.6. The molecular weight excluding hydrogens is 228 g/mol. The molecule has 3 heteroatoms. The third-order valence-electron chi connectivity index (χ3n) is 2.38. The first-order valence-electron chi connectivity index (χ1n) is 5.30. The number of ether oxygens (including phenoxy) is 1. The van der Waals surface area contributed by atoms with E-state index in [1.165, 1.54) is 0 Å². The average Bonchev–Trinajstić information content (AvgIpc) is 2.40. The molecule has 0 heterocycles. The fraction of sp³-hybridized carbons (Fsp3) is 0.0714. The molecule has 2 aromatic rings. The van der Waals surface area contributed by atoms with Crippen molar-refractivity contribution in [2.24, 2.45) is 0 Å². The zero-order valence-corrected chi connectivity index (χ0v) is 10.5. The molecule has 0 atom stereocenters. The molecule has 2 aromatic carbocycles. The summed E-state index contributed by atoms with van der Waals surface area (Å²) in [7, 11) is 1.72. The highest BCUT2D eigenvalue weighted by Gasteiger charge is 2.12. The summed E-state index contributed by atoms with van der Waals surface area (Å²) in [5, 5.41) is 1.15. The summed E-state index contributed by atoms with van der Waals surface area (Å²) in [6, 6.07) is 17.1. The lowest BCUT2D eigenvalue weighted by Crippen LogP contribution is -2.23. The van der Waals surface area contributed by atoms with Gasteiger partial charge in [-0.2, -0.15) is 0 Å². The third-order valence-corrected chi connectivity index (χ3v) is 3.50. The van der Waals surface area contributed by atoms with E-state index in [1.54, 1.807) is 13.2 Å². The van der Waals surface area contributed by atoms with Crippen molar-refractivity contribution in [3.8, 4) is 5.75 Å². The van der Waals surface area contributed by atoms with Crippen LogP contribution in [0.5, 0.6) is 5.75 Å². The van der Waals surface area contributed by atoms with E-state index in [4.69, 9.17) is 4.74 Å². The molecule has 0 aliphatic carbocycles. The van der Waals surface area contributed by atoms with E-state index in [9.17, 15) is 4.79 Å². The molecule has 0 aliphatic heterocycles. The number of hydrogen-bond donors (Lipinski definition) is 0. The lowest BCUT2D eigenvalue weighted by atomic mass is 10.2. The van der Waals surface area contributed by atoms with Gasteiger partial charge in [-0.25, -0.2) is 0 Å². The Kier molecular flexibility index (Phi) is 3.72. The zero-order valence-electron chi connectivity index (χ0n) is 9.51. The monoisotopic (exact) mass is 240 g/mol. The average molecular weight is 240 g/mol. The first-order valence-corrected chi connectivity index (χ1v) is 6.30. The van der Waals surface area contributed by atoms with Crippen LogP contribution in [0.1, 0.15) is 10.4 Å². The van der Waals surface area contributed by atoms with Gasteiger partial charge in [0.25, 0.3) is 0 Å². The summed E-state index contributed by atoms with van der Waals surface area (Å²) in [5.74, 6) is 0.640. The van der Waals surface area contributed by atoms with Crippen molar-refractivity contribution in [1.82, 2.24) is 0 Å². The molecule has 0 aliphatic rings. The van der Waals surface area contributed by atoms with Crippen LogP contribution in [0.4, 0.5) is 0 Å². The summed E-state index contributed by atoms with van der Waals surface area (Å²) in [6.07, 6.45) is 0. The molecule has 0 N–H and O–H groups in total. The molecule has 0 fully saturated rings. The van der Waals surface area contributed by atoms with Crippen LogP contribution in [-0.4, -0.2) is 22.0 Å². The number of carbonyl (C=O) groups excluding carboxylic acids is 1. The van der Waals surface area contributed by atoms with Gasteiger partial charge in [-0.15, -0.1) is 0 Å². The normalized spacial score (nSPS) is 9.94. The van der Waals surface area contributed by atoms with Crippen LogP contribution in [0.25, 0.3) is 0 Å². The molecule has 0 amide bonds. The molecule has 2 rings (SSSR count). The maximum atomic E-state index is 12.1. The number of para-hydroxylation sites is 1. The molecule has 84 valence electrons. The van der Waals surface area contributed by atoms with Crippen LogP contribution in [0.15, 0.2) is 54.6 Å². The number of hydrogen-bond acceptors (Lipinski definition) is 2. The highest BCUT2D eigenvalue weighted by Crippen LogP contribution is 2.17. The van der Waals surface area contributed by atoms with Gasteiger partial charge in [0.2, 0.25) is 0 Å². The summed E-state index contributed by atoms with van der Waals surface area (Å²) in [4.78, 5) is 12.1. The van der Waals surface area contributed by atoms with Crippen molar-refractivity contribution in [2.75, 3.05) is 7.11 Å². The quantitative estimate of drug-likeness (QED) is 0.763. The predicted octanol–water partition coefficient (Wildman–Crippen LogP) is 1.87. The van der Waals surface area contributed by atoms with Crippen LogP contribution in [0.3, 0.4) is 0 Å². The molecule has 0 bridgehead atoms. The smallest absolute Gasteiger partial charge is 0.179 e. The molecule has 0 spiro atoms. The van der Waals surface area contributed by atoms with Crippen LogP contribution >= 0.6 is 0 Å². The summed E-state index contributed by atoms with van der Waals surface area (Å²) < 4.78 is 5.19. The van der Waals surface area contributed by atoms with Crippen molar-refractivity contribution in [2.45, 2.75) is 0 Å². The minimum Gasteiger partial charge on any atom is -0.496 e. The standard InChI is InChI=1S/C14H12O2Si/c1-16-13-10-6-5-9-12(13)14(15)17-11-7-3-2-4-8-11/h2-10H,1H3. The van der Waals surface area contributed by atoms with E-state index in [2.05, 4.69) is 0 Å². The van der Waals surface area contributed by atoms with Crippen molar-refractivity contribution < 1.29 is 9.53 Å². The Bertz CT molecular complexity index is 509. The maximum absolute atomic E-state index is 12.1. The lowest BCUT2D eigenvalue weighted by Gasteiger charge is -2.06. The van der Waals surface area contributed by atoms with E-state index >= 15 is 0 Å². The molecule has 0 aromatic heterocycles. The molecule has 0 unspecified atom stereocenters. The Labute approximate surface area is 103 Å².